The monoisotopic (exact) mass is 751 g/mol. The van der Waals surface area contributed by atoms with E-state index in [2.05, 4.69) is 254 Å². The van der Waals surface area contributed by atoms with Crippen molar-refractivity contribution in [3.63, 3.8) is 0 Å². The summed E-state index contributed by atoms with van der Waals surface area (Å²) in [5.74, 6) is 0. The molecular weight excluding hydrogens is 711 g/mol. The van der Waals surface area contributed by atoms with E-state index in [-0.39, 0.29) is 0 Å². The number of para-hydroxylation sites is 2. The predicted molar refractivity (Wildman–Crippen MR) is 251 cm³/mol. The standard InChI is InChI=1S/C58H41N/c1-3-18-44(19-4-1)51-25-9-10-27-53(51)54-28-11-12-29-55(54)56-30-14-16-33-58(56)59(57-32-15-13-26-52(57)46-20-5-2-6-21-46)48-40-38-43(39-41-48)42-34-36-47(37-35-42)50-31-17-23-45-22-7-8-24-49(45)50/h1-41H. The van der Waals surface area contributed by atoms with Gasteiger partial charge in [0, 0.05) is 16.8 Å². The summed E-state index contributed by atoms with van der Waals surface area (Å²) in [5.41, 5.74) is 17.6. The Bertz CT molecular complexity index is 3010. The van der Waals surface area contributed by atoms with E-state index in [1.807, 2.05) is 0 Å². The van der Waals surface area contributed by atoms with E-state index >= 15 is 0 Å². The van der Waals surface area contributed by atoms with E-state index in [0.717, 1.165) is 22.6 Å². The van der Waals surface area contributed by atoms with Crippen molar-refractivity contribution < 1.29 is 0 Å². The van der Waals surface area contributed by atoms with Crippen LogP contribution in [0.25, 0.3) is 77.5 Å². The number of benzene rings is 10. The summed E-state index contributed by atoms with van der Waals surface area (Å²) < 4.78 is 0. The zero-order valence-electron chi connectivity index (χ0n) is 32.6. The van der Waals surface area contributed by atoms with Crippen LogP contribution in [0.4, 0.5) is 17.1 Å². The van der Waals surface area contributed by atoms with Crippen LogP contribution >= 0.6 is 0 Å². The minimum atomic E-state index is 1.08. The van der Waals surface area contributed by atoms with E-state index in [4.69, 9.17) is 0 Å². The Hall–Kier alpha value is -7.74. The van der Waals surface area contributed by atoms with Gasteiger partial charge in [0.25, 0.3) is 0 Å². The van der Waals surface area contributed by atoms with Crippen LogP contribution in [0.5, 0.6) is 0 Å². The first-order valence-corrected chi connectivity index (χ1v) is 20.3. The lowest BCUT2D eigenvalue weighted by Crippen LogP contribution is -2.12. The van der Waals surface area contributed by atoms with Crippen LogP contribution in [-0.2, 0) is 0 Å². The molecule has 1 nitrogen and oxygen atoms in total. The third-order valence-electron chi connectivity index (χ3n) is 11.3. The van der Waals surface area contributed by atoms with Gasteiger partial charge >= 0.3 is 0 Å². The first-order valence-electron chi connectivity index (χ1n) is 20.3. The van der Waals surface area contributed by atoms with Gasteiger partial charge in [0.2, 0.25) is 0 Å². The second-order valence-corrected chi connectivity index (χ2v) is 14.8. The van der Waals surface area contributed by atoms with Crippen molar-refractivity contribution in [2.45, 2.75) is 0 Å². The quantitative estimate of drug-likeness (QED) is 0.142. The molecule has 0 radical (unpaired) electrons. The zero-order chi connectivity index (χ0) is 39.4. The lowest BCUT2D eigenvalue weighted by molar-refractivity contribution is 1.28. The van der Waals surface area contributed by atoms with Crippen LogP contribution in [0.15, 0.2) is 249 Å². The number of hydrogen-bond donors (Lipinski definition) is 0. The van der Waals surface area contributed by atoms with Gasteiger partial charge in [-0.3, -0.25) is 0 Å². The normalized spacial score (nSPS) is 11.1. The zero-order valence-corrected chi connectivity index (χ0v) is 32.6. The van der Waals surface area contributed by atoms with Gasteiger partial charge in [-0.1, -0.05) is 224 Å². The molecule has 278 valence electrons. The Kier molecular flexibility index (Phi) is 9.68. The molecule has 1 heteroatoms. The van der Waals surface area contributed by atoms with Crippen molar-refractivity contribution in [2.24, 2.45) is 0 Å². The van der Waals surface area contributed by atoms with Gasteiger partial charge in [-0.2, -0.15) is 0 Å². The molecule has 0 unspecified atom stereocenters. The Morgan fingerprint density at radius 2 is 0.576 bits per heavy atom. The highest BCUT2D eigenvalue weighted by Gasteiger charge is 2.22. The fourth-order valence-corrected chi connectivity index (χ4v) is 8.50. The number of fused-ring (bicyclic) bond motifs is 1. The molecule has 0 aromatic heterocycles. The number of nitrogens with zero attached hydrogens (tertiary/aromatic N) is 1. The second-order valence-electron chi connectivity index (χ2n) is 14.8. The molecule has 0 amide bonds. The molecule has 0 fully saturated rings. The van der Waals surface area contributed by atoms with Crippen LogP contribution in [0.1, 0.15) is 0 Å². The molecule has 0 heterocycles. The first-order chi connectivity index (χ1) is 29.3. The summed E-state index contributed by atoms with van der Waals surface area (Å²) in [6.07, 6.45) is 0. The first kappa shape index (κ1) is 35.7. The van der Waals surface area contributed by atoms with Gasteiger partial charge in [0.15, 0.2) is 0 Å². The fourth-order valence-electron chi connectivity index (χ4n) is 8.50. The lowest BCUT2D eigenvalue weighted by Gasteiger charge is -2.30. The maximum atomic E-state index is 2.44. The van der Waals surface area contributed by atoms with Crippen molar-refractivity contribution >= 4 is 27.8 Å². The highest BCUT2D eigenvalue weighted by Crippen LogP contribution is 2.47. The van der Waals surface area contributed by atoms with Gasteiger partial charge in [0.05, 0.1) is 11.4 Å². The summed E-state index contributed by atoms with van der Waals surface area (Å²) in [5, 5.41) is 2.52. The van der Waals surface area contributed by atoms with Crippen molar-refractivity contribution in [1.29, 1.82) is 0 Å². The molecule has 0 aliphatic carbocycles. The molecule has 0 saturated heterocycles. The molecular formula is C58H41N. The summed E-state index contributed by atoms with van der Waals surface area (Å²) in [4.78, 5) is 2.44. The smallest absolute Gasteiger partial charge is 0.0540 e. The lowest BCUT2D eigenvalue weighted by atomic mass is 9.88. The van der Waals surface area contributed by atoms with Gasteiger partial charge in [0.1, 0.15) is 0 Å². The van der Waals surface area contributed by atoms with Gasteiger partial charge in [-0.15, -0.1) is 0 Å². The van der Waals surface area contributed by atoms with Crippen LogP contribution in [0, 0.1) is 0 Å². The van der Waals surface area contributed by atoms with Crippen LogP contribution in [0.2, 0.25) is 0 Å². The molecule has 0 atom stereocenters. The summed E-state index contributed by atoms with van der Waals surface area (Å²) in [6.45, 7) is 0. The highest BCUT2D eigenvalue weighted by molar-refractivity contribution is 5.99. The average molecular weight is 752 g/mol. The largest absolute Gasteiger partial charge is 0.309 e. The summed E-state index contributed by atoms with van der Waals surface area (Å²) in [7, 11) is 0. The average Bonchev–Trinajstić information content (AvgIpc) is 3.33. The Balaban J connectivity index is 1.10. The van der Waals surface area contributed by atoms with E-state index in [1.165, 1.54) is 72.0 Å². The van der Waals surface area contributed by atoms with E-state index in [9.17, 15) is 0 Å². The minimum Gasteiger partial charge on any atom is -0.309 e. The second kappa shape index (κ2) is 16.0. The maximum Gasteiger partial charge on any atom is 0.0540 e. The molecule has 0 N–H and O–H groups in total. The third-order valence-corrected chi connectivity index (χ3v) is 11.3. The van der Waals surface area contributed by atoms with Gasteiger partial charge in [-0.25, -0.2) is 0 Å². The molecule has 0 aliphatic rings. The Labute approximate surface area is 346 Å². The number of hydrogen-bond acceptors (Lipinski definition) is 1. The SMILES string of the molecule is c1ccc(-c2ccccc2-c2ccccc2-c2ccccc2N(c2ccc(-c3ccc(-c4cccc5ccccc45)cc3)cc2)c2ccccc2-c2ccccc2)cc1. The summed E-state index contributed by atoms with van der Waals surface area (Å²) >= 11 is 0. The molecule has 0 bridgehead atoms. The summed E-state index contributed by atoms with van der Waals surface area (Å²) in [6, 6.07) is 89.8. The van der Waals surface area contributed by atoms with Crippen LogP contribution in [0.3, 0.4) is 0 Å². The van der Waals surface area contributed by atoms with E-state index in [0.29, 0.717) is 0 Å². The predicted octanol–water partition coefficient (Wildman–Crippen LogP) is 16.3. The molecule has 59 heavy (non-hydrogen) atoms. The minimum absolute atomic E-state index is 1.08. The van der Waals surface area contributed by atoms with Crippen molar-refractivity contribution in [3.8, 4) is 66.8 Å². The number of anilines is 3. The molecule has 0 saturated carbocycles. The third kappa shape index (κ3) is 7.01. The Morgan fingerprint density at radius 3 is 1.22 bits per heavy atom. The molecule has 10 aromatic carbocycles. The fraction of sp³-hybridized carbons (Fsp3) is 0. The highest BCUT2D eigenvalue weighted by atomic mass is 15.1. The van der Waals surface area contributed by atoms with E-state index in [1.54, 1.807) is 0 Å². The van der Waals surface area contributed by atoms with Crippen LogP contribution < -0.4 is 4.90 Å². The maximum absolute atomic E-state index is 2.44. The van der Waals surface area contributed by atoms with Crippen molar-refractivity contribution in [1.82, 2.24) is 0 Å². The number of rotatable bonds is 9. The molecule has 10 rings (SSSR count). The Morgan fingerprint density at radius 1 is 0.203 bits per heavy atom. The van der Waals surface area contributed by atoms with Crippen LogP contribution in [-0.4, -0.2) is 0 Å². The van der Waals surface area contributed by atoms with Crippen molar-refractivity contribution in [2.75, 3.05) is 4.90 Å². The van der Waals surface area contributed by atoms with Gasteiger partial charge < -0.3 is 4.90 Å². The topological polar surface area (TPSA) is 3.24 Å². The molecule has 0 spiro atoms. The molecule has 0 aliphatic heterocycles. The van der Waals surface area contributed by atoms with E-state index < -0.39 is 0 Å². The van der Waals surface area contributed by atoms with Crippen molar-refractivity contribution in [3.05, 3.63) is 249 Å². The molecule has 10 aromatic rings. The van der Waals surface area contributed by atoms with Gasteiger partial charge in [-0.05, 0) is 90.7 Å².